The van der Waals surface area contributed by atoms with Gasteiger partial charge in [-0.15, -0.1) is 0 Å². The van der Waals surface area contributed by atoms with Crippen LogP contribution >= 0.6 is 0 Å². The minimum atomic E-state index is -3.19. The van der Waals surface area contributed by atoms with Crippen molar-refractivity contribution in [3.8, 4) is 0 Å². The zero-order valence-electron chi connectivity index (χ0n) is 19.3. The maximum absolute atomic E-state index is 12.4. The average molecular weight is 460 g/mol. The summed E-state index contributed by atoms with van der Waals surface area (Å²) in [6, 6.07) is 9.66. The summed E-state index contributed by atoms with van der Waals surface area (Å²) in [7, 11) is -3.19. The quantitative estimate of drug-likeness (QED) is 0.664. The number of aryl methyl sites for hydroxylation is 2. The maximum atomic E-state index is 12.4. The lowest BCUT2D eigenvalue weighted by atomic mass is 10.0. The molecule has 0 aliphatic carbocycles. The van der Waals surface area contributed by atoms with E-state index in [0.717, 1.165) is 28.9 Å². The predicted octanol–water partition coefficient (Wildman–Crippen LogP) is 2.88. The van der Waals surface area contributed by atoms with Crippen LogP contribution in [0.15, 0.2) is 36.5 Å². The van der Waals surface area contributed by atoms with Gasteiger partial charge in [0, 0.05) is 45.0 Å². The highest BCUT2D eigenvalue weighted by atomic mass is 32.2. The molecule has 1 saturated heterocycles. The molecule has 2 N–H and O–H groups in total. The highest BCUT2D eigenvalue weighted by Gasteiger charge is 2.29. The van der Waals surface area contributed by atoms with Gasteiger partial charge in [0.15, 0.2) is 0 Å². The molecule has 1 aliphatic heterocycles. The van der Waals surface area contributed by atoms with Crippen molar-refractivity contribution >= 4 is 21.7 Å². The van der Waals surface area contributed by atoms with Gasteiger partial charge in [-0.2, -0.15) is 4.31 Å². The van der Waals surface area contributed by atoms with Gasteiger partial charge in [0.05, 0.1) is 17.1 Å². The number of carbonyl (C=O) groups is 1. The molecule has 1 fully saturated rings. The molecular formula is C23H33N5O3S. The third-order valence-corrected chi connectivity index (χ3v) is 7.99. The number of piperazine rings is 1. The zero-order valence-corrected chi connectivity index (χ0v) is 20.1. The largest absolute Gasteiger partial charge is 0.334 e. The van der Waals surface area contributed by atoms with E-state index in [1.54, 1.807) is 24.3 Å². The lowest BCUT2D eigenvalue weighted by Crippen LogP contribution is -2.49. The zero-order chi connectivity index (χ0) is 23.3. The van der Waals surface area contributed by atoms with E-state index < -0.39 is 10.0 Å². The van der Waals surface area contributed by atoms with Crippen LogP contribution in [-0.2, 0) is 23.1 Å². The molecule has 8 nitrogen and oxygen atoms in total. The molecule has 1 aromatic heterocycles. The number of nitrogens with zero attached hydrogens (tertiary/aromatic N) is 3. The highest BCUT2D eigenvalue weighted by Crippen LogP contribution is 2.17. The first-order chi connectivity index (χ1) is 15.1. The highest BCUT2D eigenvalue weighted by molar-refractivity contribution is 7.89. The van der Waals surface area contributed by atoms with E-state index in [4.69, 9.17) is 0 Å². The normalized spacial score (nSPS) is 15.7. The molecule has 0 spiro atoms. The SMILES string of the molecule is Cc1ccc(NC(=O)NCc2cc(CN3CCN(S(=O)(=O)C(C)C)CC3)ccc2C)cn1. The minimum absolute atomic E-state index is 0.275. The first-order valence-corrected chi connectivity index (χ1v) is 12.4. The Morgan fingerprint density at radius 3 is 2.44 bits per heavy atom. The first kappa shape index (κ1) is 24.2. The van der Waals surface area contributed by atoms with Crippen molar-refractivity contribution in [3.05, 3.63) is 58.9 Å². The van der Waals surface area contributed by atoms with Crippen molar-refractivity contribution in [2.24, 2.45) is 0 Å². The van der Waals surface area contributed by atoms with E-state index >= 15 is 0 Å². The summed E-state index contributed by atoms with van der Waals surface area (Å²) >= 11 is 0. The van der Waals surface area contributed by atoms with Gasteiger partial charge < -0.3 is 10.6 Å². The molecule has 0 radical (unpaired) electrons. The Bertz CT molecular complexity index is 1030. The van der Waals surface area contributed by atoms with Crippen LogP contribution in [0.2, 0.25) is 0 Å². The van der Waals surface area contributed by atoms with Crippen LogP contribution in [0.4, 0.5) is 10.5 Å². The topological polar surface area (TPSA) is 94.6 Å². The van der Waals surface area contributed by atoms with Gasteiger partial charge in [0.1, 0.15) is 0 Å². The summed E-state index contributed by atoms with van der Waals surface area (Å²) < 4.78 is 26.3. The number of carbonyl (C=O) groups excluding carboxylic acids is 1. The van der Waals surface area contributed by atoms with Crippen LogP contribution in [0.1, 0.15) is 36.2 Å². The Kier molecular flexibility index (Phi) is 7.86. The van der Waals surface area contributed by atoms with Gasteiger partial charge in [-0.1, -0.05) is 18.2 Å². The molecule has 3 rings (SSSR count). The molecule has 1 aromatic carbocycles. The van der Waals surface area contributed by atoms with E-state index in [0.29, 0.717) is 38.4 Å². The van der Waals surface area contributed by atoms with E-state index in [-0.39, 0.29) is 11.3 Å². The molecule has 0 bridgehead atoms. The molecule has 2 aromatic rings. The molecule has 0 unspecified atom stereocenters. The van der Waals surface area contributed by atoms with Crippen molar-refractivity contribution < 1.29 is 13.2 Å². The number of anilines is 1. The van der Waals surface area contributed by atoms with E-state index in [9.17, 15) is 13.2 Å². The molecule has 0 atom stereocenters. The van der Waals surface area contributed by atoms with Crippen LogP contribution in [-0.4, -0.2) is 60.1 Å². The van der Waals surface area contributed by atoms with Gasteiger partial charge in [-0.3, -0.25) is 9.88 Å². The van der Waals surface area contributed by atoms with Crippen molar-refractivity contribution in [1.82, 2.24) is 19.5 Å². The Morgan fingerprint density at radius 2 is 1.81 bits per heavy atom. The number of urea groups is 1. The fourth-order valence-electron chi connectivity index (χ4n) is 3.60. The fourth-order valence-corrected chi connectivity index (χ4v) is 4.87. The molecule has 9 heteroatoms. The summed E-state index contributed by atoms with van der Waals surface area (Å²) in [6.45, 7) is 11.0. The van der Waals surface area contributed by atoms with Crippen LogP contribution < -0.4 is 10.6 Å². The molecule has 174 valence electrons. The van der Waals surface area contributed by atoms with Crippen LogP contribution in [0, 0.1) is 13.8 Å². The van der Waals surface area contributed by atoms with Crippen LogP contribution in [0.3, 0.4) is 0 Å². The molecule has 32 heavy (non-hydrogen) atoms. The Balaban J connectivity index is 1.53. The van der Waals surface area contributed by atoms with Crippen LogP contribution in [0.5, 0.6) is 0 Å². The van der Waals surface area contributed by atoms with Gasteiger partial charge in [0.2, 0.25) is 10.0 Å². The lowest BCUT2D eigenvalue weighted by Gasteiger charge is -2.35. The standard InChI is InChI=1S/C23H33N5O3S/c1-17(2)32(30,31)28-11-9-27(10-12-28)16-20-7-5-18(3)21(13-20)14-25-23(29)26-22-8-6-19(4)24-15-22/h5-8,13,15,17H,9-12,14,16H2,1-4H3,(H2,25,26,29). The number of hydrogen-bond donors (Lipinski definition) is 2. The predicted molar refractivity (Wildman–Crippen MR) is 127 cm³/mol. The summed E-state index contributed by atoms with van der Waals surface area (Å²) in [5.41, 5.74) is 4.86. The van der Waals surface area contributed by atoms with Crippen LogP contribution in [0.25, 0.3) is 0 Å². The number of sulfonamides is 1. The van der Waals surface area contributed by atoms with Gasteiger partial charge in [0.25, 0.3) is 0 Å². The summed E-state index contributed by atoms with van der Waals surface area (Å²) in [6.07, 6.45) is 1.63. The smallest absolute Gasteiger partial charge is 0.319 e. The van der Waals surface area contributed by atoms with Crippen molar-refractivity contribution in [2.75, 3.05) is 31.5 Å². The number of pyridine rings is 1. The monoisotopic (exact) mass is 459 g/mol. The van der Waals surface area contributed by atoms with Gasteiger partial charge in [-0.05, 0) is 56.5 Å². The van der Waals surface area contributed by atoms with E-state index in [2.05, 4.69) is 38.7 Å². The fraction of sp³-hybridized carbons (Fsp3) is 0.478. The second-order valence-electron chi connectivity index (χ2n) is 8.53. The summed E-state index contributed by atoms with van der Waals surface area (Å²) in [5.74, 6) is 0. The third kappa shape index (κ3) is 6.27. The number of rotatable bonds is 7. The molecule has 0 saturated carbocycles. The number of hydrogen-bond acceptors (Lipinski definition) is 5. The Hall–Kier alpha value is -2.49. The third-order valence-electron chi connectivity index (χ3n) is 5.72. The van der Waals surface area contributed by atoms with Gasteiger partial charge >= 0.3 is 6.03 Å². The second kappa shape index (κ2) is 10.4. The average Bonchev–Trinajstić information content (AvgIpc) is 2.76. The lowest BCUT2D eigenvalue weighted by molar-refractivity contribution is 0.181. The van der Waals surface area contributed by atoms with Crippen molar-refractivity contribution in [3.63, 3.8) is 0 Å². The Morgan fingerprint density at radius 1 is 1.09 bits per heavy atom. The number of nitrogens with one attached hydrogen (secondary N) is 2. The number of aromatic nitrogens is 1. The van der Waals surface area contributed by atoms with Crippen molar-refractivity contribution in [1.29, 1.82) is 0 Å². The molecule has 1 aliphatic rings. The summed E-state index contributed by atoms with van der Waals surface area (Å²) in [5, 5.41) is 5.30. The molecule has 2 amide bonds. The number of amides is 2. The molecular weight excluding hydrogens is 426 g/mol. The van der Waals surface area contributed by atoms with E-state index in [1.165, 1.54) is 0 Å². The van der Waals surface area contributed by atoms with E-state index in [1.807, 2.05) is 26.0 Å². The molecule has 2 heterocycles. The maximum Gasteiger partial charge on any atom is 0.319 e. The Labute approximate surface area is 191 Å². The minimum Gasteiger partial charge on any atom is -0.334 e. The number of benzene rings is 1. The first-order valence-electron chi connectivity index (χ1n) is 10.9. The second-order valence-corrected chi connectivity index (χ2v) is 11.0. The van der Waals surface area contributed by atoms with Crippen molar-refractivity contribution in [2.45, 2.75) is 46.0 Å². The van der Waals surface area contributed by atoms with Gasteiger partial charge in [-0.25, -0.2) is 13.2 Å². The summed E-state index contributed by atoms with van der Waals surface area (Å²) in [4.78, 5) is 18.7.